The van der Waals surface area contributed by atoms with Gasteiger partial charge in [-0.25, -0.2) is 0 Å². The molecule has 0 aliphatic carbocycles. The van der Waals surface area contributed by atoms with Crippen LogP contribution >= 0.6 is 0 Å². The van der Waals surface area contributed by atoms with E-state index in [0.717, 1.165) is 0 Å². The summed E-state index contributed by atoms with van der Waals surface area (Å²) in [7, 11) is 0. The van der Waals surface area contributed by atoms with Crippen LogP contribution in [0.1, 0.15) is 26.3 Å². The monoisotopic (exact) mass is 265 g/mol. The highest BCUT2D eigenvalue weighted by Crippen LogP contribution is 2.16. The predicted molar refractivity (Wildman–Crippen MR) is 75.1 cm³/mol. The van der Waals surface area contributed by atoms with Crippen molar-refractivity contribution in [3.63, 3.8) is 0 Å². The molecule has 2 N–H and O–H groups in total. The number of hydrogen-bond acceptors (Lipinski definition) is 3. The van der Waals surface area contributed by atoms with Crippen molar-refractivity contribution in [2.75, 3.05) is 13.2 Å². The molecule has 1 amide bonds. The molecule has 1 aromatic rings. The maximum atomic E-state index is 12.0. The summed E-state index contributed by atoms with van der Waals surface area (Å²) in [6, 6.07) is 6.88. The third-order valence-electron chi connectivity index (χ3n) is 3.00. The SMILES string of the molecule is CCOCC(NC(=O)Cc1ccccc1O)C(C)C. The predicted octanol–water partition coefficient (Wildman–Crippen LogP) is 2.11. The standard InChI is InChI=1S/C15H23NO3/c1-4-19-10-13(11(2)3)16-15(18)9-12-7-5-6-8-14(12)17/h5-8,11,13,17H,4,9-10H2,1-3H3,(H,16,18). The van der Waals surface area contributed by atoms with Gasteiger partial charge in [-0.3, -0.25) is 4.79 Å². The summed E-state index contributed by atoms with van der Waals surface area (Å²) in [5, 5.41) is 12.6. The molecular weight excluding hydrogens is 242 g/mol. The summed E-state index contributed by atoms with van der Waals surface area (Å²) in [5.41, 5.74) is 0.638. The van der Waals surface area contributed by atoms with Crippen molar-refractivity contribution in [2.24, 2.45) is 5.92 Å². The Kier molecular flexibility index (Phi) is 6.36. The smallest absolute Gasteiger partial charge is 0.224 e. The zero-order valence-corrected chi connectivity index (χ0v) is 11.8. The zero-order chi connectivity index (χ0) is 14.3. The molecule has 0 aliphatic heterocycles. The second-order valence-electron chi connectivity index (χ2n) is 4.88. The molecule has 4 heteroatoms. The molecule has 1 atom stereocenters. The number of phenolic OH excluding ortho intramolecular Hbond substituents is 1. The summed E-state index contributed by atoms with van der Waals surface area (Å²) in [4.78, 5) is 12.0. The number of carbonyl (C=O) groups excluding carboxylic acids is 1. The van der Waals surface area contributed by atoms with Crippen LogP contribution in [-0.4, -0.2) is 30.3 Å². The molecule has 106 valence electrons. The molecule has 0 spiro atoms. The van der Waals surface area contributed by atoms with Crippen LogP contribution in [0.4, 0.5) is 0 Å². The highest BCUT2D eigenvalue weighted by molar-refractivity contribution is 5.79. The van der Waals surface area contributed by atoms with E-state index in [0.29, 0.717) is 24.7 Å². The molecule has 0 fully saturated rings. The molecule has 0 saturated carbocycles. The molecule has 19 heavy (non-hydrogen) atoms. The first-order valence-electron chi connectivity index (χ1n) is 6.68. The fourth-order valence-corrected chi connectivity index (χ4v) is 1.74. The van der Waals surface area contributed by atoms with Crippen LogP contribution in [0.5, 0.6) is 5.75 Å². The molecule has 4 nitrogen and oxygen atoms in total. The van der Waals surface area contributed by atoms with Gasteiger partial charge < -0.3 is 15.2 Å². The Hall–Kier alpha value is -1.55. The molecule has 0 aliphatic rings. The fourth-order valence-electron chi connectivity index (χ4n) is 1.74. The first kappa shape index (κ1) is 15.5. The van der Waals surface area contributed by atoms with Gasteiger partial charge in [-0.2, -0.15) is 0 Å². The number of amides is 1. The minimum Gasteiger partial charge on any atom is -0.508 e. The highest BCUT2D eigenvalue weighted by Gasteiger charge is 2.17. The Morgan fingerprint density at radius 2 is 2.05 bits per heavy atom. The van der Waals surface area contributed by atoms with E-state index in [-0.39, 0.29) is 24.1 Å². The summed E-state index contributed by atoms with van der Waals surface area (Å²) >= 11 is 0. The lowest BCUT2D eigenvalue weighted by Gasteiger charge is -2.22. The number of carbonyl (C=O) groups is 1. The van der Waals surface area contributed by atoms with Gasteiger partial charge in [0.1, 0.15) is 5.75 Å². The quantitative estimate of drug-likeness (QED) is 0.794. The molecule has 1 unspecified atom stereocenters. The molecule has 1 rings (SSSR count). The lowest BCUT2D eigenvalue weighted by Crippen LogP contribution is -2.42. The Bertz CT molecular complexity index is 404. The van der Waals surface area contributed by atoms with Crippen molar-refractivity contribution < 1.29 is 14.6 Å². The van der Waals surface area contributed by atoms with E-state index in [1.54, 1.807) is 18.2 Å². The molecule has 0 aromatic heterocycles. The van der Waals surface area contributed by atoms with Crippen LogP contribution in [0.2, 0.25) is 0 Å². The Morgan fingerprint density at radius 1 is 1.37 bits per heavy atom. The van der Waals surface area contributed by atoms with Crippen molar-refractivity contribution in [3.05, 3.63) is 29.8 Å². The zero-order valence-electron chi connectivity index (χ0n) is 11.8. The topological polar surface area (TPSA) is 58.6 Å². The minimum absolute atomic E-state index is 0.00157. The molecular formula is C15H23NO3. The van der Waals surface area contributed by atoms with E-state index in [4.69, 9.17) is 4.74 Å². The van der Waals surface area contributed by atoms with Gasteiger partial charge in [0.25, 0.3) is 0 Å². The van der Waals surface area contributed by atoms with Crippen LogP contribution in [0.3, 0.4) is 0 Å². The average molecular weight is 265 g/mol. The van der Waals surface area contributed by atoms with Crippen LogP contribution in [0, 0.1) is 5.92 Å². The van der Waals surface area contributed by atoms with Crippen molar-refractivity contribution in [3.8, 4) is 5.75 Å². The summed E-state index contributed by atoms with van der Waals surface area (Å²) in [6.07, 6.45) is 0.183. The van der Waals surface area contributed by atoms with Crippen molar-refractivity contribution in [2.45, 2.75) is 33.2 Å². The van der Waals surface area contributed by atoms with E-state index in [1.165, 1.54) is 0 Å². The number of aromatic hydroxyl groups is 1. The maximum Gasteiger partial charge on any atom is 0.224 e. The van der Waals surface area contributed by atoms with Crippen LogP contribution in [-0.2, 0) is 16.0 Å². The lowest BCUT2D eigenvalue weighted by atomic mass is 10.0. The first-order valence-corrected chi connectivity index (χ1v) is 6.68. The molecule has 0 heterocycles. The van der Waals surface area contributed by atoms with Gasteiger partial charge in [0.05, 0.1) is 19.1 Å². The van der Waals surface area contributed by atoms with Crippen molar-refractivity contribution in [1.82, 2.24) is 5.32 Å². The highest BCUT2D eigenvalue weighted by atomic mass is 16.5. The fraction of sp³-hybridized carbons (Fsp3) is 0.533. The van der Waals surface area contributed by atoms with Crippen molar-refractivity contribution >= 4 is 5.91 Å². The van der Waals surface area contributed by atoms with E-state index >= 15 is 0 Å². The average Bonchev–Trinajstić information content (AvgIpc) is 2.37. The third-order valence-corrected chi connectivity index (χ3v) is 3.00. The molecule has 0 bridgehead atoms. The number of rotatable bonds is 7. The van der Waals surface area contributed by atoms with Crippen molar-refractivity contribution in [1.29, 1.82) is 0 Å². The van der Waals surface area contributed by atoms with Gasteiger partial charge in [-0.05, 0) is 18.9 Å². The summed E-state index contributed by atoms with van der Waals surface area (Å²) < 4.78 is 5.37. The Morgan fingerprint density at radius 3 is 2.63 bits per heavy atom. The largest absolute Gasteiger partial charge is 0.508 e. The molecule has 0 saturated heterocycles. The Labute approximate surface area is 114 Å². The number of phenols is 1. The van der Waals surface area contributed by atoms with E-state index in [2.05, 4.69) is 5.32 Å². The summed E-state index contributed by atoms with van der Waals surface area (Å²) in [6.45, 7) is 7.17. The molecule has 1 aromatic carbocycles. The normalized spacial score (nSPS) is 12.4. The third kappa shape index (κ3) is 5.30. The van der Waals surface area contributed by atoms with E-state index < -0.39 is 0 Å². The summed E-state index contributed by atoms with van der Waals surface area (Å²) in [5.74, 6) is 0.364. The number of nitrogens with one attached hydrogen (secondary N) is 1. The minimum atomic E-state index is -0.0973. The maximum absolute atomic E-state index is 12.0. The number of benzene rings is 1. The second kappa shape index (κ2) is 7.79. The first-order chi connectivity index (χ1) is 9.04. The van der Waals surface area contributed by atoms with Gasteiger partial charge in [-0.15, -0.1) is 0 Å². The Balaban J connectivity index is 2.55. The second-order valence-corrected chi connectivity index (χ2v) is 4.88. The lowest BCUT2D eigenvalue weighted by molar-refractivity contribution is -0.122. The number of ether oxygens (including phenoxy) is 1. The van der Waals surface area contributed by atoms with Crippen LogP contribution < -0.4 is 5.32 Å². The van der Waals surface area contributed by atoms with Crippen LogP contribution in [0.15, 0.2) is 24.3 Å². The van der Waals surface area contributed by atoms with Gasteiger partial charge in [-0.1, -0.05) is 32.0 Å². The van der Waals surface area contributed by atoms with Gasteiger partial charge >= 0.3 is 0 Å². The van der Waals surface area contributed by atoms with E-state index in [9.17, 15) is 9.90 Å². The molecule has 0 radical (unpaired) electrons. The van der Waals surface area contributed by atoms with Gasteiger partial charge in [0, 0.05) is 12.2 Å². The number of hydrogen-bond donors (Lipinski definition) is 2. The van der Waals surface area contributed by atoms with E-state index in [1.807, 2.05) is 26.8 Å². The van der Waals surface area contributed by atoms with Gasteiger partial charge in [0.2, 0.25) is 5.91 Å². The van der Waals surface area contributed by atoms with Crippen LogP contribution in [0.25, 0.3) is 0 Å². The number of para-hydroxylation sites is 1. The van der Waals surface area contributed by atoms with Gasteiger partial charge in [0.15, 0.2) is 0 Å².